The van der Waals surface area contributed by atoms with E-state index in [9.17, 15) is 9.59 Å². The zero-order valence-electron chi connectivity index (χ0n) is 14.7. The van der Waals surface area contributed by atoms with Gasteiger partial charge in [-0.15, -0.1) is 0 Å². The Morgan fingerprint density at radius 2 is 1.74 bits per heavy atom. The maximum Gasteiger partial charge on any atom is 0.417 e. The molecule has 0 radical (unpaired) electrons. The van der Waals surface area contributed by atoms with Gasteiger partial charge in [0, 0.05) is 6.08 Å². The van der Waals surface area contributed by atoms with Gasteiger partial charge in [-0.25, -0.2) is 9.69 Å². The first-order chi connectivity index (χ1) is 13.2. The Kier molecular flexibility index (Phi) is 4.71. The minimum absolute atomic E-state index is 0.225. The molecule has 3 aromatic rings. The lowest BCUT2D eigenvalue weighted by Crippen LogP contribution is -2.39. The fourth-order valence-corrected chi connectivity index (χ4v) is 3.33. The van der Waals surface area contributed by atoms with Crippen molar-refractivity contribution in [1.82, 2.24) is 4.90 Å². The van der Waals surface area contributed by atoms with Gasteiger partial charge in [0.15, 0.2) is 0 Å². The number of fused-ring (bicyclic) bond motifs is 1. The molecule has 1 heterocycles. The number of hydrogen-bond donors (Lipinski definition) is 0. The number of cyclic esters (lactones) is 1. The van der Waals surface area contributed by atoms with Crippen molar-refractivity contribution in [3.8, 4) is 0 Å². The summed E-state index contributed by atoms with van der Waals surface area (Å²) in [6, 6.07) is 23.5. The number of carbonyl (C=O) groups excluding carboxylic acids is 2. The predicted octanol–water partition coefficient (Wildman–Crippen LogP) is 4.44. The summed E-state index contributed by atoms with van der Waals surface area (Å²) in [7, 11) is 0. The average molecular weight is 357 g/mol. The van der Waals surface area contributed by atoms with Crippen molar-refractivity contribution in [2.24, 2.45) is 0 Å². The maximum atomic E-state index is 12.6. The number of amides is 2. The lowest BCUT2D eigenvalue weighted by Gasteiger charge is -2.18. The largest absolute Gasteiger partial charge is 0.447 e. The van der Waals surface area contributed by atoms with E-state index in [0.717, 1.165) is 21.9 Å². The zero-order valence-corrected chi connectivity index (χ0v) is 14.7. The zero-order chi connectivity index (χ0) is 18.6. The number of rotatable bonds is 4. The monoisotopic (exact) mass is 357 g/mol. The van der Waals surface area contributed by atoms with Crippen molar-refractivity contribution in [3.63, 3.8) is 0 Å². The molecule has 4 heteroatoms. The minimum atomic E-state index is -0.580. The molecule has 0 bridgehead atoms. The number of carbonyl (C=O) groups is 2. The van der Waals surface area contributed by atoms with Crippen molar-refractivity contribution >= 4 is 28.8 Å². The lowest BCUT2D eigenvalue weighted by molar-refractivity contribution is -0.124. The van der Waals surface area contributed by atoms with E-state index in [2.05, 4.69) is 0 Å². The van der Waals surface area contributed by atoms with E-state index in [1.807, 2.05) is 72.8 Å². The molecule has 134 valence electrons. The number of imide groups is 1. The van der Waals surface area contributed by atoms with Gasteiger partial charge in [-0.05, 0) is 40.5 Å². The third kappa shape index (κ3) is 3.75. The van der Waals surface area contributed by atoms with Crippen LogP contribution in [0.3, 0.4) is 0 Å². The lowest BCUT2D eigenvalue weighted by atomic mass is 10.1. The van der Waals surface area contributed by atoms with E-state index in [-0.39, 0.29) is 18.6 Å². The van der Waals surface area contributed by atoms with Crippen LogP contribution in [0.15, 0.2) is 78.9 Å². The highest BCUT2D eigenvalue weighted by Crippen LogP contribution is 2.19. The molecule has 1 atom stereocenters. The molecule has 0 N–H and O–H groups in total. The van der Waals surface area contributed by atoms with E-state index in [1.54, 1.807) is 6.08 Å². The Bertz CT molecular complexity index is 1010. The van der Waals surface area contributed by atoms with Gasteiger partial charge in [0.05, 0.1) is 6.04 Å². The van der Waals surface area contributed by atoms with Crippen LogP contribution in [-0.4, -0.2) is 29.5 Å². The summed E-state index contributed by atoms with van der Waals surface area (Å²) < 4.78 is 5.11. The molecule has 0 spiro atoms. The van der Waals surface area contributed by atoms with Gasteiger partial charge in [0.25, 0.3) is 5.91 Å². The third-order valence-corrected chi connectivity index (χ3v) is 4.70. The van der Waals surface area contributed by atoms with Gasteiger partial charge in [0.1, 0.15) is 6.61 Å². The molecule has 1 fully saturated rings. The molecule has 1 aliphatic heterocycles. The first kappa shape index (κ1) is 17.0. The molecule has 0 aliphatic carbocycles. The molecule has 0 saturated carbocycles. The second-order valence-corrected chi connectivity index (χ2v) is 6.57. The van der Waals surface area contributed by atoms with Crippen LogP contribution in [0.25, 0.3) is 16.8 Å². The summed E-state index contributed by atoms with van der Waals surface area (Å²) in [4.78, 5) is 25.9. The molecule has 1 aliphatic rings. The van der Waals surface area contributed by atoms with Crippen LogP contribution in [0.2, 0.25) is 0 Å². The summed E-state index contributed by atoms with van der Waals surface area (Å²) in [5.41, 5.74) is 1.98. The number of hydrogen-bond acceptors (Lipinski definition) is 3. The normalized spacial score (nSPS) is 16.8. The summed E-state index contributed by atoms with van der Waals surface area (Å²) in [6.07, 6.45) is 3.18. The maximum absolute atomic E-state index is 12.6. The van der Waals surface area contributed by atoms with Crippen molar-refractivity contribution in [3.05, 3.63) is 90.0 Å². The highest BCUT2D eigenvalue weighted by molar-refractivity contribution is 6.02. The van der Waals surface area contributed by atoms with E-state index in [0.29, 0.717) is 6.42 Å². The Morgan fingerprint density at radius 1 is 1.00 bits per heavy atom. The summed E-state index contributed by atoms with van der Waals surface area (Å²) in [6.45, 7) is 0.225. The van der Waals surface area contributed by atoms with Crippen LogP contribution >= 0.6 is 0 Å². The van der Waals surface area contributed by atoms with E-state index in [1.165, 1.54) is 11.0 Å². The van der Waals surface area contributed by atoms with Crippen LogP contribution in [0, 0.1) is 0 Å². The number of ether oxygens (including phenoxy) is 1. The van der Waals surface area contributed by atoms with Gasteiger partial charge in [0.2, 0.25) is 0 Å². The Morgan fingerprint density at radius 3 is 2.56 bits per heavy atom. The van der Waals surface area contributed by atoms with Crippen molar-refractivity contribution in [2.45, 2.75) is 12.5 Å². The first-order valence-corrected chi connectivity index (χ1v) is 8.91. The molecule has 2 amide bonds. The molecule has 27 heavy (non-hydrogen) atoms. The molecular formula is C23H19NO3. The standard InChI is InChI=1S/C23H19NO3/c25-22(13-11-18-10-12-19-8-4-5-9-20(19)14-18)24-21(16-27-23(24)26)15-17-6-2-1-3-7-17/h1-14,21H,15-16H2/t21-/m0/s1. The van der Waals surface area contributed by atoms with Crippen molar-refractivity contribution in [1.29, 1.82) is 0 Å². The van der Waals surface area contributed by atoms with Crippen LogP contribution in [0.4, 0.5) is 4.79 Å². The first-order valence-electron chi connectivity index (χ1n) is 8.91. The topological polar surface area (TPSA) is 46.6 Å². The van der Waals surface area contributed by atoms with Gasteiger partial charge in [-0.3, -0.25) is 4.79 Å². The van der Waals surface area contributed by atoms with Crippen LogP contribution < -0.4 is 0 Å². The van der Waals surface area contributed by atoms with Crippen LogP contribution in [-0.2, 0) is 16.0 Å². The minimum Gasteiger partial charge on any atom is -0.447 e. The molecule has 0 unspecified atom stereocenters. The van der Waals surface area contributed by atoms with Crippen LogP contribution in [0.5, 0.6) is 0 Å². The molecule has 1 saturated heterocycles. The van der Waals surface area contributed by atoms with Gasteiger partial charge in [-0.1, -0.05) is 66.7 Å². The van der Waals surface area contributed by atoms with E-state index >= 15 is 0 Å². The average Bonchev–Trinajstić information content (AvgIpc) is 3.07. The number of benzene rings is 3. The fourth-order valence-electron chi connectivity index (χ4n) is 3.33. The second-order valence-electron chi connectivity index (χ2n) is 6.57. The Balaban J connectivity index is 1.51. The smallest absolute Gasteiger partial charge is 0.417 e. The summed E-state index contributed by atoms with van der Waals surface area (Å²) >= 11 is 0. The van der Waals surface area contributed by atoms with Gasteiger partial charge < -0.3 is 4.74 Å². The molecule has 4 rings (SSSR count). The summed E-state index contributed by atoms with van der Waals surface area (Å²) in [5.74, 6) is -0.355. The Hall–Kier alpha value is -3.40. The van der Waals surface area contributed by atoms with Crippen molar-refractivity contribution in [2.75, 3.05) is 6.61 Å². The van der Waals surface area contributed by atoms with E-state index < -0.39 is 6.09 Å². The fraction of sp³-hybridized carbons (Fsp3) is 0.130. The summed E-state index contributed by atoms with van der Waals surface area (Å²) in [5, 5.41) is 2.25. The van der Waals surface area contributed by atoms with Crippen LogP contribution in [0.1, 0.15) is 11.1 Å². The highest BCUT2D eigenvalue weighted by Gasteiger charge is 2.36. The van der Waals surface area contributed by atoms with Crippen molar-refractivity contribution < 1.29 is 14.3 Å². The molecule has 0 aromatic heterocycles. The second kappa shape index (κ2) is 7.46. The third-order valence-electron chi connectivity index (χ3n) is 4.70. The predicted molar refractivity (Wildman–Crippen MR) is 105 cm³/mol. The molecular weight excluding hydrogens is 338 g/mol. The van der Waals surface area contributed by atoms with Gasteiger partial charge >= 0.3 is 6.09 Å². The molecule has 3 aromatic carbocycles. The van der Waals surface area contributed by atoms with E-state index in [4.69, 9.17) is 4.74 Å². The van der Waals surface area contributed by atoms with Gasteiger partial charge in [-0.2, -0.15) is 0 Å². The molecule has 4 nitrogen and oxygen atoms in total. The highest BCUT2D eigenvalue weighted by atomic mass is 16.6. The number of nitrogens with zero attached hydrogens (tertiary/aromatic N) is 1. The SMILES string of the molecule is O=C(C=Cc1ccc2ccccc2c1)N1C(=O)OC[C@@H]1Cc1ccccc1. The Labute approximate surface area is 157 Å². The quantitative estimate of drug-likeness (QED) is 0.649.